The molecule has 0 aliphatic carbocycles. The number of cyclic esters (lactones) is 1. The van der Waals surface area contributed by atoms with Gasteiger partial charge >= 0.3 is 6.09 Å². The Morgan fingerprint density at radius 1 is 1.41 bits per heavy atom. The van der Waals surface area contributed by atoms with Gasteiger partial charge in [-0.15, -0.1) is 6.58 Å². The Balaban J connectivity index is 0.000000211. The van der Waals surface area contributed by atoms with Gasteiger partial charge in [-0.3, -0.25) is 4.90 Å². The number of carbonyl (C=O) groups excluding carboxylic acids is 1. The van der Waals surface area contributed by atoms with E-state index in [9.17, 15) is 4.79 Å². The zero-order valence-corrected chi connectivity index (χ0v) is 12.1. The number of hydrogen-bond acceptors (Lipinski definition) is 3. The van der Waals surface area contributed by atoms with E-state index in [1.807, 2.05) is 42.5 Å². The van der Waals surface area contributed by atoms with Crippen LogP contribution in [0.4, 0.5) is 10.5 Å². The van der Waals surface area contributed by atoms with Gasteiger partial charge in [0, 0.05) is 18.1 Å². The molecule has 3 rings (SSSR count). The molecule has 1 aromatic heterocycles. The van der Waals surface area contributed by atoms with Crippen LogP contribution in [0.1, 0.15) is 12.0 Å². The van der Waals surface area contributed by atoms with Crippen molar-refractivity contribution in [2.75, 3.05) is 11.5 Å². The minimum Gasteiger partial charge on any atom is -0.447 e. The first-order valence-electron chi connectivity index (χ1n) is 6.91. The molecule has 1 aromatic carbocycles. The summed E-state index contributed by atoms with van der Waals surface area (Å²) in [4.78, 5) is 16.0. The number of H-pyrrole nitrogens is 1. The first-order chi connectivity index (χ1) is 10.8. The standard InChI is InChI=1S/C12H13NO2.C5H4N2/c1-2-6-11-9-15-12(14)13(11)10-7-4-3-5-8-10;6-3-5-1-2-7-4-5/h2-5,7-8,11H,1,6,9H2;1-2,4,7H. The highest BCUT2D eigenvalue weighted by molar-refractivity contribution is 5.90. The Labute approximate surface area is 129 Å². The van der Waals surface area contributed by atoms with Crippen molar-refractivity contribution in [3.8, 4) is 6.07 Å². The molecule has 1 fully saturated rings. The number of nitrogens with zero attached hydrogens (tertiary/aromatic N) is 2. The van der Waals surface area contributed by atoms with Gasteiger partial charge in [0.05, 0.1) is 11.6 Å². The van der Waals surface area contributed by atoms with Crippen LogP contribution in [0, 0.1) is 11.3 Å². The lowest BCUT2D eigenvalue weighted by Crippen LogP contribution is -2.32. The van der Waals surface area contributed by atoms with Gasteiger partial charge in [-0.2, -0.15) is 5.26 Å². The number of nitrogens with one attached hydrogen (secondary N) is 1. The lowest BCUT2D eigenvalue weighted by molar-refractivity contribution is 0.179. The molecule has 5 heteroatoms. The van der Waals surface area contributed by atoms with Crippen molar-refractivity contribution in [1.29, 1.82) is 5.26 Å². The van der Waals surface area contributed by atoms with Crippen molar-refractivity contribution in [2.45, 2.75) is 12.5 Å². The third kappa shape index (κ3) is 3.76. The van der Waals surface area contributed by atoms with Gasteiger partial charge in [0.25, 0.3) is 0 Å². The smallest absolute Gasteiger partial charge is 0.414 e. The van der Waals surface area contributed by atoms with Gasteiger partial charge in [0.2, 0.25) is 0 Å². The van der Waals surface area contributed by atoms with E-state index in [0.29, 0.717) is 12.2 Å². The van der Waals surface area contributed by atoms with Crippen LogP contribution in [-0.2, 0) is 4.74 Å². The molecule has 0 bridgehead atoms. The summed E-state index contributed by atoms with van der Waals surface area (Å²) in [6.45, 7) is 4.13. The van der Waals surface area contributed by atoms with Crippen LogP contribution in [-0.4, -0.2) is 23.7 Å². The Bertz CT molecular complexity index is 644. The minimum absolute atomic E-state index is 0.0809. The van der Waals surface area contributed by atoms with Gasteiger partial charge in [0.1, 0.15) is 12.7 Å². The minimum atomic E-state index is -0.270. The summed E-state index contributed by atoms with van der Waals surface area (Å²) in [5, 5.41) is 8.16. The summed E-state index contributed by atoms with van der Waals surface area (Å²) in [6.07, 6.45) is 5.66. The lowest BCUT2D eigenvalue weighted by Gasteiger charge is -2.19. The molecular formula is C17H17N3O2. The Morgan fingerprint density at radius 3 is 2.73 bits per heavy atom. The number of rotatable bonds is 3. The average Bonchev–Trinajstić information content (AvgIpc) is 3.19. The molecule has 0 saturated carbocycles. The molecule has 2 heterocycles. The predicted molar refractivity (Wildman–Crippen MR) is 84.4 cm³/mol. The number of aromatic amines is 1. The average molecular weight is 295 g/mol. The lowest BCUT2D eigenvalue weighted by atomic mass is 10.2. The number of carbonyl (C=O) groups is 1. The summed E-state index contributed by atoms with van der Waals surface area (Å²) in [5.41, 5.74) is 1.56. The SMILES string of the molecule is C=CCC1COC(=O)N1c1ccccc1.N#Cc1cc[nH]c1. The zero-order chi connectivity index (χ0) is 15.8. The molecule has 1 N–H and O–H groups in total. The van der Waals surface area contributed by atoms with Crippen LogP contribution in [0.2, 0.25) is 0 Å². The summed E-state index contributed by atoms with van der Waals surface area (Å²) >= 11 is 0. The van der Waals surface area contributed by atoms with E-state index >= 15 is 0 Å². The highest BCUT2D eigenvalue weighted by atomic mass is 16.6. The number of nitriles is 1. The monoisotopic (exact) mass is 295 g/mol. The number of anilines is 1. The van der Waals surface area contributed by atoms with Crippen LogP contribution < -0.4 is 4.90 Å². The maximum atomic E-state index is 11.5. The Kier molecular flexibility index (Phi) is 5.38. The van der Waals surface area contributed by atoms with Crippen molar-refractivity contribution >= 4 is 11.8 Å². The molecule has 1 unspecified atom stereocenters. The molecular weight excluding hydrogens is 278 g/mol. The van der Waals surface area contributed by atoms with Crippen molar-refractivity contribution in [3.05, 3.63) is 67.0 Å². The normalized spacial score (nSPS) is 16.2. The fourth-order valence-corrected chi connectivity index (χ4v) is 2.12. The van der Waals surface area contributed by atoms with Gasteiger partial charge in [0.15, 0.2) is 0 Å². The number of ether oxygens (including phenoxy) is 1. The van der Waals surface area contributed by atoms with E-state index < -0.39 is 0 Å². The van der Waals surface area contributed by atoms with E-state index in [0.717, 1.165) is 12.1 Å². The number of aromatic nitrogens is 1. The first-order valence-corrected chi connectivity index (χ1v) is 6.91. The van der Waals surface area contributed by atoms with Crippen molar-refractivity contribution in [1.82, 2.24) is 4.98 Å². The van der Waals surface area contributed by atoms with Crippen molar-refractivity contribution < 1.29 is 9.53 Å². The van der Waals surface area contributed by atoms with Crippen molar-refractivity contribution in [3.63, 3.8) is 0 Å². The molecule has 5 nitrogen and oxygen atoms in total. The van der Waals surface area contributed by atoms with E-state index in [1.165, 1.54) is 0 Å². The van der Waals surface area contributed by atoms with Crippen molar-refractivity contribution in [2.24, 2.45) is 0 Å². The molecule has 2 aromatic rings. The molecule has 1 amide bonds. The third-order valence-electron chi connectivity index (χ3n) is 3.16. The molecule has 0 radical (unpaired) electrons. The van der Waals surface area contributed by atoms with E-state index in [4.69, 9.17) is 10.00 Å². The summed E-state index contributed by atoms with van der Waals surface area (Å²) in [7, 11) is 0. The summed E-state index contributed by atoms with van der Waals surface area (Å²) < 4.78 is 5.02. The largest absolute Gasteiger partial charge is 0.447 e. The van der Waals surface area contributed by atoms with E-state index in [-0.39, 0.29) is 12.1 Å². The molecule has 112 valence electrons. The topological polar surface area (TPSA) is 69.1 Å². The van der Waals surface area contributed by atoms with E-state index in [2.05, 4.69) is 11.6 Å². The molecule has 0 spiro atoms. The fraction of sp³-hybridized carbons (Fsp3) is 0.176. The van der Waals surface area contributed by atoms with Crippen LogP contribution >= 0.6 is 0 Å². The van der Waals surface area contributed by atoms with Gasteiger partial charge in [-0.1, -0.05) is 24.3 Å². The summed E-state index contributed by atoms with van der Waals surface area (Å²) in [5.74, 6) is 0. The highest BCUT2D eigenvalue weighted by Gasteiger charge is 2.32. The fourth-order valence-electron chi connectivity index (χ4n) is 2.12. The summed E-state index contributed by atoms with van der Waals surface area (Å²) in [6, 6.07) is 13.3. The van der Waals surface area contributed by atoms with Gasteiger partial charge in [-0.05, 0) is 24.6 Å². The third-order valence-corrected chi connectivity index (χ3v) is 3.16. The quantitative estimate of drug-likeness (QED) is 0.881. The number of para-hydroxylation sites is 1. The first kappa shape index (κ1) is 15.4. The second kappa shape index (κ2) is 7.70. The Hall–Kier alpha value is -3.00. The van der Waals surface area contributed by atoms with Crippen LogP contribution in [0.5, 0.6) is 0 Å². The number of amides is 1. The van der Waals surface area contributed by atoms with Crippen LogP contribution in [0.3, 0.4) is 0 Å². The number of benzene rings is 1. The molecule has 22 heavy (non-hydrogen) atoms. The van der Waals surface area contributed by atoms with Gasteiger partial charge < -0.3 is 9.72 Å². The Morgan fingerprint density at radius 2 is 2.18 bits per heavy atom. The highest BCUT2D eigenvalue weighted by Crippen LogP contribution is 2.24. The molecule has 1 aliphatic rings. The second-order valence-electron chi connectivity index (χ2n) is 4.67. The van der Waals surface area contributed by atoms with Crippen LogP contribution in [0.25, 0.3) is 0 Å². The zero-order valence-electron chi connectivity index (χ0n) is 12.1. The second-order valence-corrected chi connectivity index (χ2v) is 4.67. The molecule has 1 aliphatic heterocycles. The number of hydrogen-bond donors (Lipinski definition) is 1. The van der Waals surface area contributed by atoms with Crippen LogP contribution in [0.15, 0.2) is 61.4 Å². The maximum absolute atomic E-state index is 11.5. The molecule has 1 saturated heterocycles. The van der Waals surface area contributed by atoms with Gasteiger partial charge in [-0.25, -0.2) is 4.79 Å². The van der Waals surface area contributed by atoms with E-state index in [1.54, 1.807) is 23.4 Å². The maximum Gasteiger partial charge on any atom is 0.414 e. The molecule has 1 atom stereocenters. The predicted octanol–water partition coefficient (Wildman–Crippen LogP) is 3.47.